The van der Waals surface area contributed by atoms with E-state index in [1.54, 1.807) is 34.6 Å². The number of aromatic nitrogens is 5. The first-order chi connectivity index (χ1) is 22.0. The third-order valence-corrected chi connectivity index (χ3v) is 6.78. The number of carbonyl (C=O) groups excluding carboxylic acids is 1. The fourth-order valence-corrected chi connectivity index (χ4v) is 4.59. The Labute approximate surface area is 259 Å². The summed E-state index contributed by atoms with van der Waals surface area (Å²) in [6.07, 6.45) is 4.98. The molecule has 0 bridgehead atoms. The van der Waals surface area contributed by atoms with Crippen molar-refractivity contribution >= 4 is 28.6 Å². The van der Waals surface area contributed by atoms with Crippen LogP contribution in [0.1, 0.15) is 32.7 Å². The van der Waals surface area contributed by atoms with Crippen molar-refractivity contribution in [1.82, 2.24) is 24.1 Å². The van der Waals surface area contributed by atoms with Crippen LogP contribution < -0.4 is 15.4 Å². The van der Waals surface area contributed by atoms with Gasteiger partial charge in [-0.3, -0.25) is 18.9 Å². The van der Waals surface area contributed by atoms with Crippen molar-refractivity contribution < 1.29 is 27.1 Å². The molecule has 46 heavy (non-hydrogen) atoms. The van der Waals surface area contributed by atoms with Crippen LogP contribution in [0.5, 0.6) is 11.5 Å². The molecule has 0 aliphatic rings. The van der Waals surface area contributed by atoms with Crippen molar-refractivity contribution in [3.05, 3.63) is 126 Å². The lowest BCUT2D eigenvalue weighted by atomic mass is 10.0. The van der Waals surface area contributed by atoms with E-state index < -0.39 is 29.0 Å². The number of pyridine rings is 2. The van der Waals surface area contributed by atoms with E-state index in [0.717, 1.165) is 29.6 Å². The van der Waals surface area contributed by atoms with Gasteiger partial charge in [0.15, 0.2) is 5.65 Å². The summed E-state index contributed by atoms with van der Waals surface area (Å²) in [6, 6.07) is 11.8. The highest BCUT2D eigenvalue weighted by atomic mass is 19.4. The van der Waals surface area contributed by atoms with Gasteiger partial charge in [0.05, 0.1) is 34.9 Å². The molecule has 230 valence electrons. The Kier molecular flexibility index (Phi) is 7.85. The van der Waals surface area contributed by atoms with E-state index in [4.69, 9.17) is 4.74 Å². The van der Waals surface area contributed by atoms with Crippen molar-refractivity contribution in [2.45, 2.75) is 13.1 Å². The van der Waals surface area contributed by atoms with Crippen molar-refractivity contribution in [2.24, 2.45) is 7.05 Å². The van der Waals surface area contributed by atoms with Gasteiger partial charge in [-0.05, 0) is 66.9 Å². The lowest BCUT2D eigenvalue weighted by Gasteiger charge is -2.14. The number of ether oxygens (including phenoxy) is 1. The smallest absolute Gasteiger partial charge is 0.416 e. The molecule has 0 fully saturated rings. The summed E-state index contributed by atoms with van der Waals surface area (Å²) in [5.41, 5.74) is 1.76. The number of hydrogen-bond acceptors (Lipinski definition) is 6. The van der Waals surface area contributed by atoms with Gasteiger partial charge in [0, 0.05) is 49.2 Å². The maximum Gasteiger partial charge on any atom is 0.416 e. The molecule has 0 radical (unpaired) electrons. The highest BCUT2D eigenvalue weighted by Gasteiger charge is 2.32. The number of anilines is 3. The molecule has 0 unspecified atom stereocenters. The van der Waals surface area contributed by atoms with E-state index in [1.165, 1.54) is 36.7 Å². The predicted octanol–water partition coefficient (Wildman–Crippen LogP) is 7.12. The second-order valence-corrected chi connectivity index (χ2v) is 10.2. The molecule has 2 N–H and O–H groups in total. The van der Waals surface area contributed by atoms with Gasteiger partial charge in [-0.2, -0.15) is 18.3 Å². The molecule has 4 heterocycles. The van der Waals surface area contributed by atoms with E-state index in [9.17, 15) is 18.0 Å². The van der Waals surface area contributed by atoms with Crippen LogP contribution in [-0.2, 0) is 13.2 Å². The maximum atomic E-state index is 15.0. The van der Waals surface area contributed by atoms with Gasteiger partial charge >= 0.3 is 6.18 Å². The number of amides is 1. The molecule has 6 rings (SSSR count). The topological polar surface area (TPSA) is 98.4 Å². The highest BCUT2D eigenvalue weighted by molar-refractivity contribution is 6.05. The summed E-state index contributed by atoms with van der Waals surface area (Å²) in [7, 11) is 1.81. The third-order valence-electron chi connectivity index (χ3n) is 6.78. The molecule has 0 aliphatic carbocycles. The first kappa shape index (κ1) is 29.9. The lowest BCUT2D eigenvalue weighted by Crippen LogP contribution is -2.15. The number of nitrogens with one attached hydrogen (secondary N) is 2. The molecule has 0 spiro atoms. The van der Waals surface area contributed by atoms with Gasteiger partial charge < -0.3 is 15.4 Å². The monoisotopic (exact) mass is 625 g/mol. The minimum Gasteiger partial charge on any atom is -0.457 e. The fraction of sp³-hybridized carbons (Fsp3) is 0.0909. The second-order valence-electron chi connectivity index (χ2n) is 10.2. The van der Waals surface area contributed by atoms with Crippen LogP contribution in [-0.4, -0.2) is 30.1 Å². The molecule has 1 amide bonds. The maximum absolute atomic E-state index is 15.0. The molecule has 0 saturated heterocycles. The van der Waals surface area contributed by atoms with Crippen molar-refractivity contribution in [1.29, 1.82) is 0 Å². The van der Waals surface area contributed by atoms with E-state index in [2.05, 4.69) is 37.5 Å². The molecule has 0 aliphatic heterocycles. The summed E-state index contributed by atoms with van der Waals surface area (Å²) >= 11 is 0. The third kappa shape index (κ3) is 6.51. The molecule has 2 aromatic carbocycles. The minimum absolute atomic E-state index is 0.181. The van der Waals surface area contributed by atoms with Crippen molar-refractivity contribution in [2.75, 3.05) is 10.6 Å². The molecule has 0 saturated carbocycles. The first-order valence-corrected chi connectivity index (χ1v) is 13.7. The Morgan fingerprint density at radius 3 is 2.52 bits per heavy atom. The van der Waals surface area contributed by atoms with E-state index in [0.29, 0.717) is 22.5 Å². The Hall–Kier alpha value is -6.16. The first-order valence-electron chi connectivity index (χ1n) is 13.7. The minimum atomic E-state index is -4.73. The second kappa shape index (κ2) is 12.1. The summed E-state index contributed by atoms with van der Waals surface area (Å²) in [5.74, 6) is 4.22. The SMILES string of the molecule is Cc1cc(F)c(C(=O)Nc2cc(Oc3ccncc3)cc(C(F)(F)F)c2)cc1C#Cc1cnc2c(Nc3cnn(C)c3)cccn12. The number of carbonyl (C=O) groups is 1. The van der Waals surface area contributed by atoms with Crippen LogP contribution in [0.25, 0.3) is 5.65 Å². The summed E-state index contributed by atoms with van der Waals surface area (Å²) in [5, 5.41) is 9.77. The average molecular weight is 626 g/mol. The molecule has 4 aromatic heterocycles. The number of aryl methyl sites for hydroxylation is 2. The number of alkyl halides is 3. The number of halogens is 4. The van der Waals surface area contributed by atoms with Crippen LogP contribution in [0.4, 0.5) is 34.6 Å². The summed E-state index contributed by atoms with van der Waals surface area (Å²) in [6.45, 7) is 1.63. The summed E-state index contributed by atoms with van der Waals surface area (Å²) in [4.78, 5) is 21.5. The Morgan fingerprint density at radius 1 is 0.978 bits per heavy atom. The van der Waals surface area contributed by atoms with Crippen LogP contribution in [0.2, 0.25) is 0 Å². The fourth-order valence-electron chi connectivity index (χ4n) is 4.59. The quantitative estimate of drug-likeness (QED) is 0.151. The van der Waals surface area contributed by atoms with Gasteiger partial charge in [0.1, 0.15) is 23.0 Å². The zero-order valence-corrected chi connectivity index (χ0v) is 24.2. The van der Waals surface area contributed by atoms with Crippen LogP contribution in [0, 0.1) is 24.6 Å². The van der Waals surface area contributed by atoms with Crippen molar-refractivity contribution in [3.63, 3.8) is 0 Å². The number of rotatable bonds is 6. The molecule has 9 nitrogen and oxygen atoms in total. The lowest BCUT2D eigenvalue weighted by molar-refractivity contribution is -0.137. The zero-order chi connectivity index (χ0) is 32.4. The Bertz CT molecular complexity index is 2140. The predicted molar refractivity (Wildman–Crippen MR) is 163 cm³/mol. The van der Waals surface area contributed by atoms with Crippen molar-refractivity contribution in [3.8, 4) is 23.3 Å². The molecular weight excluding hydrogens is 602 g/mol. The highest BCUT2D eigenvalue weighted by Crippen LogP contribution is 2.36. The van der Waals surface area contributed by atoms with Gasteiger partial charge in [-0.15, -0.1) is 0 Å². The van der Waals surface area contributed by atoms with Crippen LogP contribution >= 0.6 is 0 Å². The zero-order valence-electron chi connectivity index (χ0n) is 24.2. The van der Waals surface area contributed by atoms with Gasteiger partial charge in [0.2, 0.25) is 0 Å². The number of hydrogen-bond donors (Lipinski definition) is 2. The van der Waals surface area contributed by atoms with E-state index >= 15 is 4.39 Å². The number of imidazole rings is 1. The number of benzene rings is 2. The van der Waals surface area contributed by atoms with Gasteiger partial charge in [0.25, 0.3) is 5.91 Å². The standard InChI is InChI=1S/C33H23F4N7O2/c1-20-12-29(34)28(32(45)42-23-14-22(33(35,36)37)15-27(16-23)46-26-7-9-38-10-8-26)13-21(20)5-6-25-18-39-31-30(4-3-11-44(25)31)41-24-17-40-43(2)19-24/h3-4,7-19,41H,1-2H3,(H,42,45). The normalized spacial score (nSPS) is 11.2. The van der Waals surface area contributed by atoms with Crippen LogP contribution in [0.15, 0.2) is 91.8 Å². The Balaban J connectivity index is 1.27. The molecule has 0 atom stereocenters. The van der Waals surface area contributed by atoms with Gasteiger partial charge in [-0.1, -0.05) is 5.92 Å². The largest absolute Gasteiger partial charge is 0.457 e. The molecule has 6 aromatic rings. The van der Waals surface area contributed by atoms with Gasteiger partial charge in [-0.25, -0.2) is 9.37 Å². The molecule has 13 heteroatoms. The average Bonchev–Trinajstić information content (AvgIpc) is 3.62. The molecular formula is C33H23F4N7O2. The number of fused-ring (bicyclic) bond motifs is 1. The van der Waals surface area contributed by atoms with Crippen LogP contribution in [0.3, 0.4) is 0 Å². The van der Waals surface area contributed by atoms with E-state index in [1.807, 2.05) is 25.4 Å². The Morgan fingerprint density at radius 2 is 1.78 bits per heavy atom. The van der Waals surface area contributed by atoms with E-state index in [-0.39, 0.29) is 17.2 Å². The summed E-state index contributed by atoms with van der Waals surface area (Å²) < 4.78 is 65.0. The number of nitrogens with zero attached hydrogens (tertiary/aromatic N) is 5.